The first kappa shape index (κ1) is 22.2. The Morgan fingerprint density at radius 1 is 1.13 bits per heavy atom. The van der Waals surface area contributed by atoms with Gasteiger partial charge in [0.2, 0.25) is 0 Å². The third-order valence-electron chi connectivity index (χ3n) is 5.36. The highest BCUT2D eigenvalue weighted by Gasteiger charge is 2.31. The number of amides is 1. The molecule has 0 bridgehead atoms. The van der Waals surface area contributed by atoms with Gasteiger partial charge in [0.25, 0.3) is 5.91 Å². The van der Waals surface area contributed by atoms with Crippen LogP contribution in [0.3, 0.4) is 0 Å². The Balaban J connectivity index is 1.83. The molecule has 3 rings (SSSR count). The largest absolute Gasteiger partial charge is 0.491 e. The van der Waals surface area contributed by atoms with Crippen LogP contribution in [0, 0.1) is 5.82 Å². The van der Waals surface area contributed by atoms with Gasteiger partial charge < -0.3 is 24.6 Å². The molecule has 0 saturated heterocycles. The van der Waals surface area contributed by atoms with E-state index >= 15 is 0 Å². The molecule has 1 amide bonds. The number of carbonyl (C=O) groups excluding carboxylic acids is 1. The van der Waals surface area contributed by atoms with Crippen molar-refractivity contribution in [1.82, 2.24) is 4.90 Å². The topological polar surface area (TPSA) is 79.2 Å². The first-order valence-electron chi connectivity index (χ1n) is 10.1. The summed E-state index contributed by atoms with van der Waals surface area (Å²) in [4.78, 5) is 14.6. The maximum absolute atomic E-state index is 13.2. The lowest BCUT2D eigenvalue weighted by molar-refractivity contribution is -0.0925. The number of aliphatic hydroxyl groups is 2. The van der Waals surface area contributed by atoms with Gasteiger partial charge in [0.1, 0.15) is 36.5 Å². The van der Waals surface area contributed by atoms with Gasteiger partial charge in [-0.3, -0.25) is 4.79 Å². The van der Waals surface area contributed by atoms with Crippen molar-refractivity contribution in [1.29, 1.82) is 0 Å². The molecule has 1 aliphatic rings. The molecule has 3 atom stereocenters. The van der Waals surface area contributed by atoms with Gasteiger partial charge in [0.15, 0.2) is 0 Å². The molecule has 0 spiro atoms. The Morgan fingerprint density at radius 3 is 2.60 bits per heavy atom. The van der Waals surface area contributed by atoms with Crippen LogP contribution in [-0.2, 0) is 11.2 Å². The summed E-state index contributed by atoms with van der Waals surface area (Å²) in [6, 6.07) is 13.0. The van der Waals surface area contributed by atoms with Crippen molar-refractivity contribution in [3.8, 4) is 5.75 Å². The van der Waals surface area contributed by atoms with E-state index in [1.54, 1.807) is 4.90 Å². The number of rotatable bonds is 2. The van der Waals surface area contributed by atoms with Crippen LogP contribution in [0.1, 0.15) is 28.8 Å². The van der Waals surface area contributed by atoms with E-state index in [-0.39, 0.29) is 19.1 Å². The Labute approximate surface area is 175 Å². The molecule has 0 saturated carbocycles. The average molecular weight is 417 g/mol. The summed E-state index contributed by atoms with van der Waals surface area (Å²) in [6.07, 6.45) is -0.907. The molecule has 0 aliphatic carbocycles. The van der Waals surface area contributed by atoms with Gasteiger partial charge in [-0.25, -0.2) is 4.39 Å². The van der Waals surface area contributed by atoms with Gasteiger partial charge in [-0.2, -0.15) is 0 Å². The Hall–Kier alpha value is -2.48. The van der Waals surface area contributed by atoms with Crippen LogP contribution >= 0.6 is 0 Å². The highest BCUT2D eigenvalue weighted by Crippen LogP contribution is 2.22. The van der Waals surface area contributed by atoms with Crippen LogP contribution in [0.2, 0.25) is 0 Å². The summed E-state index contributed by atoms with van der Waals surface area (Å²) < 4.78 is 24.4. The van der Waals surface area contributed by atoms with Gasteiger partial charge in [-0.15, -0.1) is 0 Å². The highest BCUT2D eigenvalue weighted by atomic mass is 19.1. The predicted octanol–water partition coefficient (Wildman–Crippen LogP) is 2.42. The fraction of sp³-hybridized carbons (Fsp3) is 0.435. The molecule has 1 heterocycles. The molecule has 0 aromatic heterocycles. The Bertz CT molecular complexity index is 829. The van der Waals surface area contributed by atoms with Crippen molar-refractivity contribution >= 4 is 5.91 Å². The molecule has 2 aromatic carbocycles. The summed E-state index contributed by atoms with van der Waals surface area (Å²) >= 11 is 0. The second-order valence-electron chi connectivity index (χ2n) is 7.47. The van der Waals surface area contributed by atoms with Crippen LogP contribution < -0.4 is 4.74 Å². The minimum atomic E-state index is -1.24. The molecule has 1 aliphatic heterocycles. The minimum absolute atomic E-state index is 0.0933. The summed E-state index contributed by atoms with van der Waals surface area (Å²) in [7, 11) is 1.43. The minimum Gasteiger partial charge on any atom is -0.491 e. The van der Waals surface area contributed by atoms with E-state index in [0.29, 0.717) is 17.9 Å². The lowest BCUT2D eigenvalue weighted by Gasteiger charge is -2.31. The second kappa shape index (κ2) is 10.5. The summed E-state index contributed by atoms with van der Waals surface area (Å²) in [6.45, 7) is 0.448. The molecule has 30 heavy (non-hydrogen) atoms. The summed E-state index contributed by atoms with van der Waals surface area (Å²) in [5.74, 6) is -0.00931. The van der Waals surface area contributed by atoms with E-state index in [1.165, 1.54) is 31.4 Å². The molecular weight excluding hydrogens is 389 g/mol. The van der Waals surface area contributed by atoms with Crippen molar-refractivity contribution in [2.75, 3.05) is 26.8 Å². The van der Waals surface area contributed by atoms with E-state index < -0.39 is 24.1 Å². The van der Waals surface area contributed by atoms with Gasteiger partial charge in [-0.05, 0) is 55.2 Å². The maximum Gasteiger partial charge on any atom is 0.253 e. The van der Waals surface area contributed by atoms with Crippen LogP contribution in [0.4, 0.5) is 4.39 Å². The molecule has 2 aromatic rings. The van der Waals surface area contributed by atoms with E-state index in [2.05, 4.69) is 0 Å². The third kappa shape index (κ3) is 5.56. The van der Waals surface area contributed by atoms with Gasteiger partial charge in [0, 0.05) is 25.8 Å². The molecule has 0 fully saturated rings. The number of carbonyl (C=O) groups is 1. The zero-order valence-corrected chi connectivity index (χ0v) is 17.0. The Kier molecular flexibility index (Phi) is 7.79. The SMILES string of the molecule is CO[C@H]1CN(C(=O)c2ccc(F)cc2)CCCCc2ccccc2OC[C@@H](O)[C@H]1O. The lowest BCUT2D eigenvalue weighted by Crippen LogP contribution is -2.49. The zero-order valence-electron chi connectivity index (χ0n) is 17.0. The standard InChI is InChI=1S/C23H28FNO5/c1-29-21-14-25(23(28)17-9-11-18(24)12-10-17)13-5-4-7-16-6-2-3-8-20(16)30-15-19(26)22(21)27/h2-3,6,8-12,19,21-22,26-27H,4-5,7,13-15H2,1H3/t19-,21+,22-/m1/s1. The number of halogens is 1. The quantitative estimate of drug-likeness (QED) is 0.785. The number of para-hydroxylation sites is 1. The lowest BCUT2D eigenvalue weighted by atomic mass is 10.1. The predicted molar refractivity (Wildman–Crippen MR) is 110 cm³/mol. The summed E-state index contributed by atoms with van der Waals surface area (Å²) in [5, 5.41) is 21.0. The Morgan fingerprint density at radius 2 is 1.87 bits per heavy atom. The molecule has 2 N–H and O–H groups in total. The van der Waals surface area contributed by atoms with E-state index in [9.17, 15) is 19.4 Å². The van der Waals surface area contributed by atoms with Crippen LogP contribution in [0.25, 0.3) is 0 Å². The third-order valence-corrected chi connectivity index (χ3v) is 5.36. The van der Waals surface area contributed by atoms with Crippen molar-refractivity contribution in [3.63, 3.8) is 0 Å². The van der Waals surface area contributed by atoms with Crippen molar-refractivity contribution in [2.45, 2.75) is 37.6 Å². The maximum atomic E-state index is 13.2. The normalized spacial score (nSPS) is 23.3. The van der Waals surface area contributed by atoms with E-state index in [1.807, 2.05) is 24.3 Å². The molecular formula is C23H28FNO5. The number of fused-ring (bicyclic) bond motifs is 1. The number of aryl methyl sites for hydroxylation is 1. The molecule has 7 heteroatoms. The van der Waals surface area contributed by atoms with Crippen LogP contribution in [0.15, 0.2) is 48.5 Å². The average Bonchev–Trinajstić information content (AvgIpc) is 2.77. The van der Waals surface area contributed by atoms with Crippen LogP contribution in [0.5, 0.6) is 5.75 Å². The number of hydrogen-bond acceptors (Lipinski definition) is 5. The first-order chi connectivity index (χ1) is 14.5. The number of hydrogen-bond donors (Lipinski definition) is 2. The fourth-order valence-electron chi connectivity index (χ4n) is 3.58. The van der Waals surface area contributed by atoms with Crippen molar-refractivity contribution < 1.29 is 28.9 Å². The first-order valence-corrected chi connectivity index (χ1v) is 10.1. The summed E-state index contributed by atoms with van der Waals surface area (Å²) in [5.41, 5.74) is 1.37. The number of nitrogens with zero attached hydrogens (tertiary/aromatic N) is 1. The fourth-order valence-corrected chi connectivity index (χ4v) is 3.58. The van der Waals surface area contributed by atoms with Crippen molar-refractivity contribution in [3.05, 3.63) is 65.5 Å². The zero-order chi connectivity index (χ0) is 21.5. The number of benzene rings is 2. The monoisotopic (exact) mass is 417 g/mol. The molecule has 0 radical (unpaired) electrons. The van der Waals surface area contributed by atoms with E-state index in [0.717, 1.165) is 24.8 Å². The van der Waals surface area contributed by atoms with Gasteiger partial charge >= 0.3 is 0 Å². The number of ether oxygens (including phenoxy) is 2. The second-order valence-corrected chi connectivity index (χ2v) is 7.47. The smallest absolute Gasteiger partial charge is 0.253 e. The molecule has 162 valence electrons. The molecule has 0 unspecified atom stereocenters. The number of aliphatic hydroxyl groups excluding tert-OH is 2. The van der Waals surface area contributed by atoms with Crippen molar-refractivity contribution in [2.24, 2.45) is 0 Å². The number of methoxy groups -OCH3 is 1. The van der Waals surface area contributed by atoms with Gasteiger partial charge in [-0.1, -0.05) is 18.2 Å². The highest BCUT2D eigenvalue weighted by molar-refractivity contribution is 5.94. The van der Waals surface area contributed by atoms with Gasteiger partial charge in [0.05, 0.1) is 0 Å². The van der Waals surface area contributed by atoms with E-state index in [4.69, 9.17) is 9.47 Å². The molecule has 6 nitrogen and oxygen atoms in total. The van der Waals surface area contributed by atoms with Crippen LogP contribution in [-0.4, -0.2) is 66.1 Å².